The van der Waals surface area contributed by atoms with Crippen molar-refractivity contribution < 1.29 is 14.7 Å². The average molecular weight is 302 g/mol. The number of carbonyl (C=O) groups is 2. The lowest BCUT2D eigenvalue weighted by Gasteiger charge is -2.33. The lowest BCUT2D eigenvalue weighted by Crippen LogP contribution is -2.49. The molecule has 2 N–H and O–H groups in total. The van der Waals surface area contributed by atoms with Crippen LogP contribution in [0.5, 0.6) is 0 Å². The molecule has 1 heterocycles. The molecule has 3 rings (SSSR count). The van der Waals surface area contributed by atoms with E-state index in [-0.39, 0.29) is 18.0 Å². The zero-order valence-electron chi connectivity index (χ0n) is 12.6. The van der Waals surface area contributed by atoms with Crippen molar-refractivity contribution in [3.8, 4) is 0 Å². The molecule has 0 saturated carbocycles. The Balaban J connectivity index is 1.52. The van der Waals surface area contributed by atoms with Gasteiger partial charge in [-0.1, -0.05) is 24.3 Å². The minimum atomic E-state index is -0.746. The normalized spacial score (nSPS) is 22.0. The van der Waals surface area contributed by atoms with Gasteiger partial charge in [-0.25, -0.2) is 4.79 Å². The summed E-state index contributed by atoms with van der Waals surface area (Å²) in [4.78, 5) is 25.0. The van der Waals surface area contributed by atoms with Crippen LogP contribution < -0.4 is 5.32 Å². The number of carbonyl (C=O) groups excluding carboxylic acids is 1. The number of fused-ring (bicyclic) bond motifs is 1. The molecule has 0 spiro atoms. The molecular formula is C17H22N2O3. The highest BCUT2D eigenvalue weighted by atomic mass is 16.4. The third kappa shape index (κ3) is 3.24. The smallest absolute Gasteiger partial charge is 0.317 e. The fourth-order valence-corrected chi connectivity index (χ4v) is 3.42. The number of aryl methyl sites for hydroxylation is 1. The van der Waals surface area contributed by atoms with Gasteiger partial charge in [0, 0.05) is 19.1 Å². The van der Waals surface area contributed by atoms with Gasteiger partial charge in [-0.15, -0.1) is 0 Å². The van der Waals surface area contributed by atoms with E-state index in [1.807, 2.05) is 6.07 Å². The Bertz CT molecular complexity index is 565. The van der Waals surface area contributed by atoms with E-state index in [0.29, 0.717) is 25.9 Å². The zero-order valence-corrected chi connectivity index (χ0v) is 12.6. The molecule has 0 bridgehead atoms. The first-order chi connectivity index (χ1) is 10.6. The lowest BCUT2D eigenvalue weighted by molar-refractivity contribution is -0.143. The summed E-state index contributed by atoms with van der Waals surface area (Å²) in [5.74, 6) is -1.05. The fourth-order valence-electron chi connectivity index (χ4n) is 3.42. The SMILES string of the molecule is O=C(O)C1CCN(C(=O)NC2CCc3ccccc3C2)CC1. The molecule has 5 nitrogen and oxygen atoms in total. The lowest BCUT2D eigenvalue weighted by atomic mass is 9.88. The topological polar surface area (TPSA) is 69.6 Å². The number of amides is 2. The molecule has 1 aromatic rings. The number of hydrogen-bond acceptors (Lipinski definition) is 2. The summed E-state index contributed by atoms with van der Waals surface area (Å²) in [5, 5.41) is 12.1. The number of carboxylic acids is 1. The second-order valence-electron chi connectivity index (χ2n) is 6.26. The maximum atomic E-state index is 12.3. The first kappa shape index (κ1) is 14.9. The molecule has 1 aliphatic heterocycles. The van der Waals surface area contributed by atoms with Crippen LogP contribution in [0.25, 0.3) is 0 Å². The first-order valence-electron chi connectivity index (χ1n) is 7.98. The van der Waals surface area contributed by atoms with Crippen LogP contribution in [0.3, 0.4) is 0 Å². The van der Waals surface area contributed by atoms with E-state index >= 15 is 0 Å². The minimum Gasteiger partial charge on any atom is -0.481 e. The van der Waals surface area contributed by atoms with Gasteiger partial charge in [0.1, 0.15) is 0 Å². The van der Waals surface area contributed by atoms with Gasteiger partial charge in [0.15, 0.2) is 0 Å². The van der Waals surface area contributed by atoms with Crippen LogP contribution in [0.15, 0.2) is 24.3 Å². The van der Waals surface area contributed by atoms with E-state index in [1.165, 1.54) is 11.1 Å². The van der Waals surface area contributed by atoms with E-state index in [0.717, 1.165) is 19.3 Å². The van der Waals surface area contributed by atoms with Crippen LogP contribution in [-0.4, -0.2) is 41.1 Å². The fraction of sp³-hybridized carbons (Fsp3) is 0.529. The predicted octanol–water partition coefficient (Wildman–Crippen LogP) is 2.05. The van der Waals surface area contributed by atoms with Crippen molar-refractivity contribution in [3.63, 3.8) is 0 Å². The molecule has 0 aromatic heterocycles. The quantitative estimate of drug-likeness (QED) is 0.878. The number of aliphatic carboxylic acids is 1. The molecule has 1 atom stereocenters. The molecule has 2 amide bonds. The molecule has 1 fully saturated rings. The molecule has 1 aromatic carbocycles. The number of carboxylic acid groups (broad SMARTS) is 1. The molecule has 22 heavy (non-hydrogen) atoms. The average Bonchev–Trinajstić information content (AvgIpc) is 2.55. The molecule has 1 aliphatic carbocycles. The van der Waals surface area contributed by atoms with Crippen molar-refractivity contribution in [1.82, 2.24) is 10.2 Å². The van der Waals surface area contributed by atoms with Gasteiger partial charge in [-0.3, -0.25) is 4.79 Å². The van der Waals surface area contributed by atoms with Gasteiger partial charge in [-0.2, -0.15) is 0 Å². The molecule has 1 saturated heterocycles. The Morgan fingerprint density at radius 2 is 1.77 bits per heavy atom. The Labute approximate surface area is 130 Å². The number of nitrogens with zero attached hydrogens (tertiary/aromatic N) is 1. The van der Waals surface area contributed by atoms with E-state index in [2.05, 4.69) is 23.5 Å². The van der Waals surface area contributed by atoms with Crippen molar-refractivity contribution in [2.75, 3.05) is 13.1 Å². The molecule has 5 heteroatoms. The summed E-state index contributed by atoms with van der Waals surface area (Å²) >= 11 is 0. The number of urea groups is 1. The highest BCUT2D eigenvalue weighted by Gasteiger charge is 2.28. The standard InChI is InChI=1S/C17H22N2O3/c20-16(21)13-7-9-19(10-8-13)17(22)18-15-6-5-12-3-1-2-4-14(12)11-15/h1-4,13,15H,5-11H2,(H,18,22)(H,20,21). The molecular weight excluding hydrogens is 280 g/mol. The van der Waals surface area contributed by atoms with Crippen molar-refractivity contribution in [1.29, 1.82) is 0 Å². The van der Waals surface area contributed by atoms with E-state index < -0.39 is 5.97 Å². The number of likely N-dealkylation sites (tertiary alicyclic amines) is 1. The van der Waals surface area contributed by atoms with Crippen molar-refractivity contribution in [3.05, 3.63) is 35.4 Å². The summed E-state index contributed by atoms with van der Waals surface area (Å²) in [6.07, 6.45) is 3.95. The van der Waals surface area contributed by atoms with Crippen molar-refractivity contribution >= 4 is 12.0 Å². The van der Waals surface area contributed by atoms with Crippen LogP contribution in [0.4, 0.5) is 4.79 Å². The number of nitrogens with one attached hydrogen (secondary N) is 1. The Morgan fingerprint density at radius 3 is 2.45 bits per heavy atom. The van der Waals surface area contributed by atoms with Gasteiger partial charge in [0.2, 0.25) is 0 Å². The third-order valence-electron chi connectivity index (χ3n) is 4.81. The van der Waals surface area contributed by atoms with Gasteiger partial charge in [0.25, 0.3) is 0 Å². The van der Waals surface area contributed by atoms with Crippen LogP contribution in [0, 0.1) is 5.92 Å². The number of rotatable bonds is 2. The maximum Gasteiger partial charge on any atom is 0.317 e. The molecule has 1 unspecified atom stereocenters. The highest BCUT2D eigenvalue weighted by Crippen LogP contribution is 2.22. The number of benzene rings is 1. The summed E-state index contributed by atoms with van der Waals surface area (Å²) in [7, 11) is 0. The largest absolute Gasteiger partial charge is 0.481 e. The van der Waals surface area contributed by atoms with Gasteiger partial charge < -0.3 is 15.3 Å². The van der Waals surface area contributed by atoms with Crippen LogP contribution in [-0.2, 0) is 17.6 Å². The second kappa shape index (κ2) is 6.38. The third-order valence-corrected chi connectivity index (χ3v) is 4.81. The molecule has 2 aliphatic rings. The zero-order chi connectivity index (χ0) is 15.5. The van der Waals surface area contributed by atoms with E-state index in [1.54, 1.807) is 4.90 Å². The Hall–Kier alpha value is -2.04. The summed E-state index contributed by atoms with van der Waals surface area (Å²) < 4.78 is 0. The first-order valence-corrected chi connectivity index (χ1v) is 7.98. The molecule has 118 valence electrons. The highest BCUT2D eigenvalue weighted by molar-refractivity contribution is 5.75. The number of piperidine rings is 1. The predicted molar refractivity (Wildman–Crippen MR) is 82.7 cm³/mol. The maximum absolute atomic E-state index is 12.3. The van der Waals surface area contributed by atoms with Gasteiger partial charge >= 0.3 is 12.0 Å². The molecule has 0 radical (unpaired) electrons. The van der Waals surface area contributed by atoms with Crippen molar-refractivity contribution in [2.24, 2.45) is 5.92 Å². The van der Waals surface area contributed by atoms with Crippen LogP contribution in [0.2, 0.25) is 0 Å². The monoisotopic (exact) mass is 302 g/mol. The van der Waals surface area contributed by atoms with E-state index in [9.17, 15) is 9.59 Å². The summed E-state index contributed by atoms with van der Waals surface area (Å²) in [6, 6.07) is 8.52. The second-order valence-corrected chi connectivity index (χ2v) is 6.26. The van der Waals surface area contributed by atoms with E-state index in [4.69, 9.17) is 5.11 Å². The Kier molecular flexibility index (Phi) is 4.32. The van der Waals surface area contributed by atoms with Crippen LogP contribution in [0.1, 0.15) is 30.4 Å². The van der Waals surface area contributed by atoms with Crippen molar-refractivity contribution in [2.45, 2.75) is 38.1 Å². The van der Waals surface area contributed by atoms with Gasteiger partial charge in [-0.05, 0) is 43.2 Å². The van der Waals surface area contributed by atoms with Crippen LogP contribution >= 0.6 is 0 Å². The van der Waals surface area contributed by atoms with Gasteiger partial charge in [0.05, 0.1) is 5.92 Å². The minimum absolute atomic E-state index is 0.0479. The Morgan fingerprint density at radius 1 is 1.09 bits per heavy atom. The summed E-state index contributed by atoms with van der Waals surface area (Å²) in [5.41, 5.74) is 2.71. The number of hydrogen-bond donors (Lipinski definition) is 2. The summed E-state index contributed by atoms with van der Waals surface area (Å²) in [6.45, 7) is 1.07.